The maximum Gasteiger partial charge on any atom is 0.255 e. The molecule has 152 valence electrons. The second kappa shape index (κ2) is 8.39. The van der Waals surface area contributed by atoms with Crippen molar-refractivity contribution in [3.05, 3.63) is 23.8 Å². The van der Waals surface area contributed by atoms with Gasteiger partial charge in [0.15, 0.2) is 0 Å². The van der Waals surface area contributed by atoms with Crippen LogP contribution in [0.1, 0.15) is 42.5 Å². The summed E-state index contributed by atoms with van der Waals surface area (Å²) in [7, 11) is 1.59. The first-order valence-electron chi connectivity index (χ1n) is 10.3. The molecule has 1 aromatic rings. The molecule has 2 saturated heterocycles. The van der Waals surface area contributed by atoms with Crippen molar-refractivity contribution in [1.29, 1.82) is 0 Å². The fourth-order valence-corrected chi connectivity index (χ4v) is 3.92. The van der Waals surface area contributed by atoms with Crippen LogP contribution in [0.4, 0.5) is 0 Å². The van der Waals surface area contributed by atoms with Crippen LogP contribution in [0.5, 0.6) is 11.5 Å². The molecule has 3 aliphatic rings. The van der Waals surface area contributed by atoms with Crippen LogP contribution in [0, 0.1) is 5.92 Å². The summed E-state index contributed by atoms with van der Waals surface area (Å²) in [5.41, 5.74) is 0.503. The van der Waals surface area contributed by atoms with E-state index in [-0.39, 0.29) is 24.0 Å². The Morgan fingerprint density at radius 2 is 1.93 bits per heavy atom. The summed E-state index contributed by atoms with van der Waals surface area (Å²) < 4.78 is 11.5. The molecule has 0 spiro atoms. The zero-order valence-electron chi connectivity index (χ0n) is 16.4. The van der Waals surface area contributed by atoms with E-state index in [0.29, 0.717) is 23.0 Å². The highest BCUT2D eigenvalue weighted by atomic mass is 16.5. The summed E-state index contributed by atoms with van der Waals surface area (Å²) in [5.74, 6) is 1.64. The molecule has 2 amide bonds. The van der Waals surface area contributed by atoms with Crippen LogP contribution in [-0.4, -0.2) is 62.1 Å². The molecule has 1 aliphatic carbocycles. The largest absolute Gasteiger partial charge is 0.497 e. The van der Waals surface area contributed by atoms with Crippen LogP contribution in [0.25, 0.3) is 0 Å². The SMILES string of the molecule is COc1ccc(OC2CCN(C(=O)C3CC3)CC2)c(C(=O)N[C@@H]2CCNC2)c1. The lowest BCUT2D eigenvalue weighted by Gasteiger charge is -2.32. The molecule has 4 rings (SSSR count). The standard InChI is InChI=1S/C21H29N3O4/c1-27-17-4-5-19(18(12-17)20(25)23-15-6-9-22-13-15)28-16-7-10-24(11-8-16)21(26)14-2-3-14/h4-5,12,14-16,22H,2-3,6-11,13H2,1H3,(H,23,25)/t15-/m1/s1. The van der Waals surface area contributed by atoms with Crippen LogP contribution >= 0.6 is 0 Å². The number of benzene rings is 1. The van der Waals surface area contributed by atoms with Gasteiger partial charge >= 0.3 is 0 Å². The van der Waals surface area contributed by atoms with Gasteiger partial charge in [0.1, 0.15) is 17.6 Å². The highest BCUT2D eigenvalue weighted by molar-refractivity contribution is 5.97. The van der Waals surface area contributed by atoms with Gasteiger partial charge < -0.3 is 25.0 Å². The highest BCUT2D eigenvalue weighted by Gasteiger charge is 2.35. The summed E-state index contributed by atoms with van der Waals surface area (Å²) in [6.45, 7) is 3.17. The molecule has 7 heteroatoms. The number of carbonyl (C=O) groups excluding carboxylic acids is 2. The topological polar surface area (TPSA) is 79.9 Å². The Labute approximate surface area is 165 Å². The molecule has 0 aromatic heterocycles. The highest BCUT2D eigenvalue weighted by Crippen LogP contribution is 2.33. The predicted molar refractivity (Wildman–Crippen MR) is 105 cm³/mol. The van der Waals surface area contributed by atoms with Crippen molar-refractivity contribution in [2.24, 2.45) is 5.92 Å². The lowest BCUT2D eigenvalue weighted by molar-refractivity contribution is -0.134. The fourth-order valence-electron chi connectivity index (χ4n) is 3.92. The first-order valence-corrected chi connectivity index (χ1v) is 10.3. The molecule has 28 heavy (non-hydrogen) atoms. The van der Waals surface area contributed by atoms with Gasteiger partial charge in [-0.2, -0.15) is 0 Å². The second-order valence-electron chi connectivity index (χ2n) is 7.94. The first-order chi connectivity index (χ1) is 13.6. The van der Waals surface area contributed by atoms with Crippen molar-refractivity contribution in [2.45, 2.75) is 44.2 Å². The van der Waals surface area contributed by atoms with E-state index in [9.17, 15) is 9.59 Å². The van der Waals surface area contributed by atoms with Gasteiger partial charge in [0, 0.05) is 44.4 Å². The van der Waals surface area contributed by atoms with Gasteiger partial charge in [-0.3, -0.25) is 9.59 Å². The van der Waals surface area contributed by atoms with E-state index in [0.717, 1.165) is 58.3 Å². The monoisotopic (exact) mass is 387 g/mol. The zero-order valence-corrected chi connectivity index (χ0v) is 16.4. The quantitative estimate of drug-likeness (QED) is 0.775. The van der Waals surface area contributed by atoms with E-state index in [1.165, 1.54) is 0 Å². The summed E-state index contributed by atoms with van der Waals surface area (Å²) in [4.78, 5) is 27.0. The van der Waals surface area contributed by atoms with Crippen molar-refractivity contribution in [1.82, 2.24) is 15.5 Å². The second-order valence-corrected chi connectivity index (χ2v) is 7.94. The van der Waals surface area contributed by atoms with Crippen molar-refractivity contribution in [3.8, 4) is 11.5 Å². The van der Waals surface area contributed by atoms with E-state index in [4.69, 9.17) is 9.47 Å². The minimum absolute atomic E-state index is 0.0105. The van der Waals surface area contributed by atoms with E-state index in [1.807, 2.05) is 17.0 Å². The Morgan fingerprint density at radius 1 is 1.14 bits per heavy atom. The fraction of sp³-hybridized carbons (Fsp3) is 0.619. The molecule has 7 nitrogen and oxygen atoms in total. The number of rotatable bonds is 6. The third kappa shape index (κ3) is 4.41. The molecule has 0 bridgehead atoms. The normalized spacial score (nSPS) is 22.8. The van der Waals surface area contributed by atoms with Crippen molar-refractivity contribution in [3.63, 3.8) is 0 Å². The third-order valence-electron chi connectivity index (χ3n) is 5.80. The van der Waals surface area contributed by atoms with Gasteiger partial charge in [0.2, 0.25) is 5.91 Å². The van der Waals surface area contributed by atoms with Crippen LogP contribution in [0.2, 0.25) is 0 Å². The minimum Gasteiger partial charge on any atom is -0.497 e. The molecule has 1 aromatic carbocycles. The Hall–Kier alpha value is -2.28. The molecule has 0 radical (unpaired) electrons. The van der Waals surface area contributed by atoms with Crippen LogP contribution in [0.3, 0.4) is 0 Å². The number of likely N-dealkylation sites (tertiary alicyclic amines) is 1. The number of piperidine rings is 1. The Morgan fingerprint density at radius 3 is 2.57 bits per heavy atom. The predicted octanol–water partition coefficient (Wildman–Crippen LogP) is 1.57. The Bertz CT molecular complexity index is 720. The molecule has 2 aliphatic heterocycles. The molecule has 3 fully saturated rings. The van der Waals surface area contributed by atoms with Gasteiger partial charge in [-0.1, -0.05) is 0 Å². The number of nitrogens with one attached hydrogen (secondary N) is 2. The summed E-state index contributed by atoms with van der Waals surface area (Å²) in [5, 5.41) is 6.33. The van der Waals surface area contributed by atoms with E-state index < -0.39 is 0 Å². The molecular weight excluding hydrogens is 358 g/mol. The summed E-state index contributed by atoms with van der Waals surface area (Å²) in [6.07, 6.45) is 4.60. The number of nitrogens with zero attached hydrogens (tertiary/aromatic N) is 1. The number of hydrogen-bond donors (Lipinski definition) is 2. The molecule has 0 unspecified atom stereocenters. The van der Waals surface area contributed by atoms with Crippen LogP contribution in [-0.2, 0) is 4.79 Å². The Balaban J connectivity index is 1.40. The maximum atomic E-state index is 12.8. The van der Waals surface area contributed by atoms with E-state index in [1.54, 1.807) is 13.2 Å². The van der Waals surface area contributed by atoms with Gasteiger partial charge in [0.05, 0.1) is 12.7 Å². The third-order valence-corrected chi connectivity index (χ3v) is 5.80. The molecule has 2 N–H and O–H groups in total. The Kier molecular flexibility index (Phi) is 5.71. The van der Waals surface area contributed by atoms with E-state index in [2.05, 4.69) is 10.6 Å². The average Bonchev–Trinajstić information content (AvgIpc) is 3.45. The zero-order chi connectivity index (χ0) is 19.5. The molecule has 2 heterocycles. The average molecular weight is 387 g/mol. The van der Waals surface area contributed by atoms with Gasteiger partial charge in [-0.05, 0) is 44.0 Å². The maximum absolute atomic E-state index is 12.8. The first kappa shape index (κ1) is 19.1. The molecule has 1 saturated carbocycles. The lowest BCUT2D eigenvalue weighted by Crippen LogP contribution is -2.42. The van der Waals surface area contributed by atoms with Crippen LogP contribution in [0.15, 0.2) is 18.2 Å². The van der Waals surface area contributed by atoms with Gasteiger partial charge in [0.25, 0.3) is 5.91 Å². The number of hydrogen-bond acceptors (Lipinski definition) is 5. The van der Waals surface area contributed by atoms with Crippen molar-refractivity contribution in [2.75, 3.05) is 33.3 Å². The number of carbonyl (C=O) groups is 2. The number of amides is 2. The van der Waals surface area contributed by atoms with Crippen molar-refractivity contribution >= 4 is 11.8 Å². The molecule has 1 atom stereocenters. The van der Waals surface area contributed by atoms with Gasteiger partial charge in [-0.25, -0.2) is 0 Å². The van der Waals surface area contributed by atoms with Gasteiger partial charge in [-0.15, -0.1) is 0 Å². The van der Waals surface area contributed by atoms with Crippen LogP contribution < -0.4 is 20.1 Å². The minimum atomic E-state index is -0.135. The smallest absolute Gasteiger partial charge is 0.255 e. The van der Waals surface area contributed by atoms with E-state index >= 15 is 0 Å². The molecular formula is C21H29N3O4. The lowest BCUT2D eigenvalue weighted by atomic mass is 10.1. The summed E-state index contributed by atoms with van der Waals surface area (Å²) >= 11 is 0. The summed E-state index contributed by atoms with van der Waals surface area (Å²) in [6, 6.07) is 5.50. The van der Waals surface area contributed by atoms with Crippen molar-refractivity contribution < 1.29 is 19.1 Å². The number of methoxy groups -OCH3 is 1. The number of ether oxygens (including phenoxy) is 2.